The quantitative estimate of drug-likeness (QED) is 0.834. The minimum absolute atomic E-state index is 0.528. The van der Waals surface area contributed by atoms with Gasteiger partial charge in [0.05, 0.1) is 5.69 Å². The number of unbranched alkanes of at least 4 members (excludes halogenated alkanes) is 1. The summed E-state index contributed by atoms with van der Waals surface area (Å²) in [6, 6.07) is 10.8. The van der Waals surface area contributed by atoms with Crippen LogP contribution in [0.3, 0.4) is 0 Å². The van der Waals surface area contributed by atoms with Crippen LogP contribution in [-0.2, 0) is 0 Å². The molecule has 2 rings (SSSR count). The third-order valence-electron chi connectivity index (χ3n) is 3.04. The summed E-state index contributed by atoms with van der Waals surface area (Å²) in [6.07, 6.45) is 7.49. The number of aromatic nitrogens is 2. The van der Waals surface area contributed by atoms with Crippen molar-refractivity contribution < 1.29 is 0 Å². The number of hydrogen-bond donors (Lipinski definition) is 1. The molecular formula is C15H21N3. The lowest BCUT2D eigenvalue weighted by Crippen LogP contribution is -2.14. The Morgan fingerprint density at radius 2 is 2.06 bits per heavy atom. The van der Waals surface area contributed by atoms with Gasteiger partial charge in [0.15, 0.2) is 0 Å². The lowest BCUT2D eigenvalue weighted by Gasteiger charge is -2.15. The van der Waals surface area contributed by atoms with Gasteiger partial charge in [0.2, 0.25) is 0 Å². The number of rotatable bonds is 6. The Balaban J connectivity index is 1.95. The average Bonchev–Trinajstić information content (AvgIpc) is 2.91. The van der Waals surface area contributed by atoms with Crippen LogP contribution in [0.5, 0.6) is 0 Å². The maximum Gasteiger partial charge on any atom is 0.0647 e. The van der Waals surface area contributed by atoms with E-state index in [1.807, 2.05) is 16.9 Å². The molecule has 0 aliphatic rings. The number of nitrogens with one attached hydrogen (secondary N) is 1. The van der Waals surface area contributed by atoms with Crippen molar-refractivity contribution in [3.63, 3.8) is 0 Å². The van der Waals surface area contributed by atoms with Crippen LogP contribution in [0.1, 0.15) is 33.1 Å². The highest BCUT2D eigenvalue weighted by atomic mass is 15.3. The van der Waals surface area contributed by atoms with Crippen LogP contribution in [0.25, 0.3) is 5.69 Å². The normalized spacial score (nSPS) is 12.3. The Morgan fingerprint density at radius 3 is 2.67 bits per heavy atom. The van der Waals surface area contributed by atoms with E-state index in [1.54, 1.807) is 6.20 Å². The monoisotopic (exact) mass is 243 g/mol. The first-order chi connectivity index (χ1) is 8.79. The summed E-state index contributed by atoms with van der Waals surface area (Å²) < 4.78 is 1.87. The second kappa shape index (κ2) is 6.24. The number of hydrogen-bond acceptors (Lipinski definition) is 2. The Bertz CT molecular complexity index is 445. The van der Waals surface area contributed by atoms with Gasteiger partial charge in [-0.05, 0) is 43.7 Å². The largest absolute Gasteiger partial charge is 0.383 e. The third-order valence-corrected chi connectivity index (χ3v) is 3.04. The zero-order valence-electron chi connectivity index (χ0n) is 11.1. The topological polar surface area (TPSA) is 29.9 Å². The van der Waals surface area contributed by atoms with Crippen LogP contribution >= 0.6 is 0 Å². The molecule has 1 heterocycles. The molecule has 3 heteroatoms. The van der Waals surface area contributed by atoms with Crippen molar-refractivity contribution >= 4 is 5.69 Å². The molecule has 0 spiro atoms. The number of anilines is 1. The average molecular weight is 243 g/mol. The summed E-state index contributed by atoms with van der Waals surface area (Å²) in [5.41, 5.74) is 2.27. The molecule has 18 heavy (non-hydrogen) atoms. The fraction of sp³-hybridized carbons (Fsp3) is 0.400. The predicted octanol–water partition coefficient (Wildman–Crippen LogP) is 3.86. The molecule has 1 atom stereocenters. The summed E-state index contributed by atoms with van der Waals surface area (Å²) in [6.45, 7) is 4.46. The van der Waals surface area contributed by atoms with Gasteiger partial charge in [-0.2, -0.15) is 5.10 Å². The zero-order valence-corrected chi connectivity index (χ0v) is 11.1. The van der Waals surface area contributed by atoms with Crippen LogP contribution in [0.4, 0.5) is 5.69 Å². The van der Waals surface area contributed by atoms with Crippen LogP contribution < -0.4 is 5.32 Å². The summed E-state index contributed by atoms with van der Waals surface area (Å²) in [5.74, 6) is 0. The molecule has 0 fully saturated rings. The number of nitrogens with zero attached hydrogens (tertiary/aromatic N) is 2. The molecule has 0 bridgehead atoms. The molecule has 0 amide bonds. The first-order valence-corrected chi connectivity index (χ1v) is 6.66. The van der Waals surface area contributed by atoms with E-state index in [9.17, 15) is 0 Å². The lowest BCUT2D eigenvalue weighted by molar-refractivity contribution is 0.645. The van der Waals surface area contributed by atoms with Crippen LogP contribution in [0, 0.1) is 0 Å². The van der Waals surface area contributed by atoms with Crippen LogP contribution in [0.15, 0.2) is 42.7 Å². The summed E-state index contributed by atoms with van der Waals surface area (Å²) >= 11 is 0. The molecule has 1 N–H and O–H groups in total. The van der Waals surface area contributed by atoms with Gasteiger partial charge in [-0.15, -0.1) is 0 Å². The van der Waals surface area contributed by atoms with E-state index >= 15 is 0 Å². The van der Waals surface area contributed by atoms with Crippen LogP contribution in [-0.4, -0.2) is 15.8 Å². The Morgan fingerprint density at radius 1 is 1.28 bits per heavy atom. The van der Waals surface area contributed by atoms with Gasteiger partial charge in [-0.3, -0.25) is 0 Å². The minimum Gasteiger partial charge on any atom is -0.383 e. The molecule has 96 valence electrons. The van der Waals surface area contributed by atoms with Gasteiger partial charge < -0.3 is 5.32 Å². The van der Waals surface area contributed by atoms with Crippen molar-refractivity contribution in [1.82, 2.24) is 9.78 Å². The molecule has 0 saturated heterocycles. The maximum absolute atomic E-state index is 4.21. The van der Waals surface area contributed by atoms with Crippen LogP contribution in [0.2, 0.25) is 0 Å². The van der Waals surface area contributed by atoms with E-state index in [-0.39, 0.29) is 0 Å². The molecule has 1 aromatic carbocycles. The standard InChI is InChI=1S/C15H21N3/c1-3-4-6-13(2)17-14-7-9-15(10-8-14)18-12-5-11-16-18/h5,7-13,17H,3-4,6H2,1-2H3. The van der Waals surface area contributed by atoms with E-state index in [2.05, 4.69) is 48.5 Å². The van der Waals surface area contributed by atoms with Gasteiger partial charge in [0.1, 0.15) is 0 Å². The lowest BCUT2D eigenvalue weighted by atomic mass is 10.1. The molecule has 0 aliphatic carbocycles. The first kappa shape index (κ1) is 12.7. The summed E-state index contributed by atoms with van der Waals surface area (Å²) in [7, 11) is 0. The SMILES string of the molecule is CCCCC(C)Nc1ccc(-n2cccn2)cc1. The van der Waals surface area contributed by atoms with Crippen molar-refractivity contribution in [2.45, 2.75) is 39.2 Å². The molecule has 3 nitrogen and oxygen atoms in total. The molecule has 2 aromatic rings. The third kappa shape index (κ3) is 3.36. The first-order valence-electron chi connectivity index (χ1n) is 6.66. The number of benzene rings is 1. The summed E-state index contributed by atoms with van der Waals surface area (Å²) in [4.78, 5) is 0. The minimum atomic E-state index is 0.528. The van der Waals surface area contributed by atoms with Gasteiger partial charge in [-0.25, -0.2) is 4.68 Å². The van der Waals surface area contributed by atoms with E-state index in [0.29, 0.717) is 6.04 Å². The molecule has 1 aromatic heterocycles. The zero-order chi connectivity index (χ0) is 12.8. The van der Waals surface area contributed by atoms with Crippen molar-refractivity contribution in [1.29, 1.82) is 0 Å². The van der Waals surface area contributed by atoms with Gasteiger partial charge in [0, 0.05) is 24.1 Å². The predicted molar refractivity (Wildman–Crippen MR) is 76.2 cm³/mol. The van der Waals surface area contributed by atoms with Gasteiger partial charge >= 0.3 is 0 Å². The van der Waals surface area contributed by atoms with E-state index in [1.165, 1.54) is 24.9 Å². The van der Waals surface area contributed by atoms with Gasteiger partial charge in [0.25, 0.3) is 0 Å². The Hall–Kier alpha value is -1.77. The Kier molecular flexibility index (Phi) is 4.40. The molecule has 1 unspecified atom stereocenters. The van der Waals surface area contributed by atoms with Gasteiger partial charge in [-0.1, -0.05) is 19.8 Å². The Labute approximate surface area is 109 Å². The van der Waals surface area contributed by atoms with Crippen molar-refractivity contribution in [2.75, 3.05) is 5.32 Å². The molecular weight excluding hydrogens is 222 g/mol. The highest BCUT2D eigenvalue weighted by molar-refractivity contribution is 5.48. The maximum atomic E-state index is 4.21. The van der Waals surface area contributed by atoms with Crippen molar-refractivity contribution in [3.8, 4) is 5.69 Å². The van der Waals surface area contributed by atoms with E-state index < -0.39 is 0 Å². The highest BCUT2D eigenvalue weighted by Crippen LogP contribution is 2.14. The van der Waals surface area contributed by atoms with Crippen molar-refractivity contribution in [3.05, 3.63) is 42.7 Å². The fourth-order valence-corrected chi connectivity index (χ4v) is 2.00. The second-order valence-corrected chi connectivity index (χ2v) is 4.69. The smallest absolute Gasteiger partial charge is 0.0647 e. The molecule has 0 radical (unpaired) electrons. The van der Waals surface area contributed by atoms with E-state index in [4.69, 9.17) is 0 Å². The second-order valence-electron chi connectivity index (χ2n) is 4.69. The molecule has 0 saturated carbocycles. The fourth-order valence-electron chi connectivity index (χ4n) is 2.00. The van der Waals surface area contributed by atoms with E-state index in [0.717, 1.165) is 5.69 Å². The summed E-state index contributed by atoms with van der Waals surface area (Å²) in [5, 5.41) is 7.73. The molecule has 0 aliphatic heterocycles. The van der Waals surface area contributed by atoms with Crippen molar-refractivity contribution in [2.24, 2.45) is 0 Å². The highest BCUT2D eigenvalue weighted by Gasteiger charge is 2.02.